The number of ether oxygens (including phenoxy) is 1. The maximum absolute atomic E-state index is 12.2. The minimum Gasteiger partial charge on any atom is -0.448 e. The summed E-state index contributed by atoms with van der Waals surface area (Å²) < 4.78 is 5.52. The van der Waals surface area contributed by atoms with Crippen LogP contribution >= 0.6 is 0 Å². The van der Waals surface area contributed by atoms with E-state index >= 15 is 0 Å². The van der Waals surface area contributed by atoms with Crippen molar-refractivity contribution in [2.75, 3.05) is 11.9 Å². The minimum atomic E-state index is -0.534. The first-order valence-electron chi connectivity index (χ1n) is 9.03. The van der Waals surface area contributed by atoms with Crippen molar-refractivity contribution in [3.8, 4) is 11.1 Å². The van der Waals surface area contributed by atoms with Gasteiger partial charge >= 0.3 is 6.09 Å². The van der Waals surface area contributed by atoms with Crippen molar-refractivity contribution >= 4 is 11.8 Å². The highest BCUT2D eigenvalue weighted by atomic mass is 16.5. The van der Waals surface area contributed by atoms with Crippen LogP contribution in [-0.2, 0) is 4.74 Å². The van der Waals surface area contributed by atoms with Gasteiger partial charge in [-0.1, -0.05) is 60.7 Å². The molecule has 1 aliphatic carbocycles. The number of anilines is 1. The summed E-state index contributed by atoms with van der Waals surface area (Å²) in [5, 5.41) is 12.3. The van der Waals surface area contributed by atoms with Crippen molar-refractivity contribution in [2.45, 2.75) is 18.9 Å². The van der Waals surface area contributed by atoms with Gasteiger partial charge in [-0.05, 0) is 46.9 Å². The summed E-state index contributed by atoms with van der Waals surface area (Å²) in [6, 6.07) is 23.6. The smallest absolute Gasteiger partial charge is 0.411 e. The van der Waals surface area contributed by atoms with Crippen LogP contribution in [0.1, 0.15) is 35.6 Å². The molecule has 0 bridgehead atoms. The molecule has 1 aliphatic rings. The first-order valence-corrected chi connectivity index (χ1v) is 9.03. The maximum Gasteiger partial charge on any atom is 0.411 e. The maximum atomic E-state index is 12.2. The van der Waals surface area contributed by atoms with E-state index in [0.29, 0.717) is 5.69 Å². The number of aliphatic hydroxyl groups excluding tert-OH is 1. The molecule has 0 heterocycles. The average Bonchev–Trinajstić information content (AvgIpc) is 3.01. The average molecular weight is 359 g/mol. The second-order valence-electron chi connectivity index (χ2n) is 6.75. The largest absolute Gasteiger partial charge is 0.448 e. The number of aliphatic hydroxyl groups is 1. The van der Waals surface area contributed by atoms with E-state index in [0.717, 1.165) is 5.56 Å². The van der Waals surface area contributed by atoms with Gasteiger partial charge in [0.15, 0.2) is 0 Å². The molecule has 136 valence electrons. The second-order valence-corrected chi connectivity index (χ2v) is 6.75. The van der Waals surface area contributed by atoms with Crippen molar-refractivity contribution in [3.63, 3.8) is 0 Å². The zero-order valence-electron chi connectivity index (χ0n) is 15.1. The van der Waals surface area contributed by atoms with Gasteiger partial charge in [0, 0.05) is 11.6 Å². The fraction of sp³-hybridized carbons (Fsp3) is 0.174. The standard InChI is InChI=1S/C23H21NO3/c1-15(25)16-10-12-17(13-11-16)24-23(26)27-14-22-20-8-4-2-6-18(20)19-7-3-5-9-21(19)22/h2-13,15,22,25H,14H2,1H3,(H,24,26)/t15-/m1/s1. The Balaban J connectivity index is 1.45. The lowest BCUT2D eigenvalue weighted by molar-refractivity contribution is 0.158. The predicted molar refractivity (Wildman–Crippen MR) is 106 cm³/mol. The lowest BCUT2D eigenvalue weighted by atomic mass is 9.98. The van der Waals surface area contributed by atoms with Crippen LogP contribution in [0.3, 0.4) is 0 Å². The Kier molecular flexibility index (Phi) is 4.65. The quantitative estimate of drug-likeness (QED) is 0.681. The molecule has 0 unspecified atom stereocenters. The lowest BCUT2D eigenvalue weighted by Gasteiger charge is -2.15. The summed E-state index contributed by atoms with van der Waals surface area (Å²) in [7, 11) is 0. The number of nitrogens with one attached hydrogen (secondary N) is 1. The van der Waals surface area contributed by atoms with Gasteiger partial charge in [-0.2, -0.15) is 0 Å². The van der Waals surface area contributed by atoms with Gasteiger partial charge in [-0.3, -0.25) is 5.32 Å². The van der Waals surface area contributed by atoms with Gasteiger partial charge in [0.05, 0.1) is 6.10 Å². The summed E-state index contributed by atoms with van der Waals surface area (Å²) >= 11 is 0. The van der Waals surface area contributed by atoms with E-state index in [4.69, 9.17) is 4.74 Å². The number of benzene rings is 3. The van der Waals surface area contributed by atoms with Gasteiger partial charge in [-0.25, -0.2) is 4.79 Å². The highest BCUT2D eigenvalue weighted by molar-refractivity contribution is 5.85. The fourth-order valence-electron chi connectivity index (χ4n) is 3.60. The molecule has 0 aliphatic heterocycles. The van der Waals surface area contributed by atoms with Crippen molar-refractivity contribution < 1.29 is 14.6 Å². The zero-order chi connectivity index (χ0) is 18.8. The third-order valence-corrected chi connectivity index (χ3v) is 4.98. The van der Waals surface area contributed by atoms with Crippen LogP contribution in [-0.4, -0.2) is 17.8 Å². The topological polar surface area (TPSA) is 58.6 Å². The zero-order valence-corrected chi connectivity index (χ0v) is 15.1. The van der Waals surface area contributed by atoms with Crippen LogP contribution < -0.4 is 5.32 Å². The number of fused-ring (bicyclic) bond motifs is 3. The Morgan fingerprint density at radius 1 is 0.963 bits per heavy atom. The first kappa shape index (κ1) is 17.3. The number of amides is 1. The molecule has 0 fully saturated rings. The van der Waals surface area contributed by atoms with E-state index in [1.165, 1.54) is 22.3 Å². The summed E-state index contributed by atoms with van der Waals surface area (Å²) in [4.78, 5) is 12.2. The summed E-state index contributed by atoms with van der Waals surface area (Å²) in [6.45, 7) is 1.99. The van der Waals surface area contributed by atoms with E-state index in [9.17, 15) is 9.90 Å². The van der Waals surface area contributed by atoms with E-state index in [1.807, 2.05) is 24.3 Å². The molecule has 4 rings (SSSR count). The highest BCUT2D eigenvalue weighted by Crippen LogP contribution is 2.44. The highest BCUT2D eigenvalue weighted by Gasteiger charge is 2.28. The Labute approximate surface area is 158 Å². The third-order valence-electron chi connectivity index (χ3n) is 4.98. The van der Waals surface area contributed by atoms with Crippen LogP contribution in [0.4, 0.5) is 10.5 Å². The van der Waals surface area contributed by atoms with E-state index < -0.39 is 12.2 Å². The molecule has 4 nitrogen and oxygen atoms in total. The van der Waals surface area contributed by atoms with Gasteiger partial charge in [0.25, 0.3) is 0 Å². The number of hydrogen-bond donors (Lipinski definition) is 2. The molecule has 1 atom stereocenters. The lowest BCUT2D eigenvalue weighted by Crippen LogP contribution is -2.17. The first-order chi connectivity index (χ1) is 13.1. The normalized spacial score (nSPS) is 13.6. The van der Waals surface area contributed by atoms with Crippen molar-refractivity contribution in [3.05, 3.63) is 89.5 Å². The van der Waals surface area contributed by atoms with Crippen LogP contribution in [0.15, 0.2) is 72.8 Å². The second kappa shape index (κ2) is 7.25. The molecule has 0 radical (unpaired) electrons. The van der Waals surface area contributed by atoms with Gasteiger partial charge in [0.1, 0.15) is 6.61 Å². The monoisotopic (exact) mass is 359 g/mol. The van der Waals surface area contributed by atoms with Crippen LogP contribution in [0, 0.1) is 0 Å². The third kappa shape index (κ3) is 3.44. The molecule has 3 aromatic carbocycles. The number of hydrogen-bond acceptors (Lipinski definition) is 3. The van der Waals surface area contributed by atoms with E-state index in [-0.39, 0.29) is 12.5 Å². The van der Waals surface area contributed by atoms with Crippen molar-refractivity contribution in [2.24, 2.45) is 0 Å². The Morgan fingerprint density at radius 2 is 1.52 bits per heavy atom. The Morgan fingerprint density at radius 3 is 2.07 bits per heavy atom. The molecule has 3 aromatic rings. The van der Waals surface area contributed by atoms with Gasteiger partial charge in [-0.15, -0.1) is 0 Å². The Hall–Kier alpha value is -3.11. The molecule has 0 spiro atoms. The van der Waals surface area contributed by atoms with Gasteiger partial charge in [0.2, 0.25) is 0 Å². The molecular formula is C23H21NO3. The van der Waals surface area contributed by atoms with E-state index in [2.05, 4.69) is 29.6 Å². The van der Waals surface area contributed by atoms with Gasteiger partial charge < -0.3 is 9.84 Å². The summed E-state index contributed by atoms with van der Waals surface area (Å²) in [6.07, 6.45) is -1.02. The SMILES string of the molecule is C[C@@H](O)c1ccc(NC(=O)OCC2c3ccccc3-c3ccccc32)cc1. The van der Waals surface area contributed by atoms with Crippen LogP contribution in [0.5, 0.6) is 0 Å². The number of carbonyl (C=O) groups is 1. The molecule has 27 heavy (non-hydrogen) atoms. The minimum absolute atomic E-state index is 0.0424. The van der Waals surface area contributed by atoms with Crippen LogP contribution in [0.2, 0.25) is 0 Å². The molecule has 0 aromatic heterocycles. The molecular weight excluding hydrogens is 338 g/mol. The predicted octanol–water partition coefficient (Wildman–Crippen LogP) is 5.10. The molecule has 0 saturated heterocycles. The number of rotatable bonds is 4. The molecule has 1 amide bonds. The number of carbonyl (C=O) groups excluding carboxylic acids is 1. The fourth-order valence-corrected chi connectivity index (χ4v) is 3.60. The van der Waals surface area contributed by atoms with Crippen molar-refractivity contribution in [1.29, 1.82) is 0 Å². The summed E-state index contributed by atoms with van der Waals surface area (Å²) in [5.41, 5.74) is 6.22. The van der Waals surface area contributed by atoms with E-state index in [1.54, 1.807) is 31.2 Å². The van der Waals surface area contributed by atoms with Crippen molar-refractivity contribution in [1.82, 2.24) is 0 Å². The Bertz CT molecular complexity index is 918. The molecule has 4 heteroatoms. The molecule has 0 saturated carbocycles. The molecule has 2 N–H and O–H groups in total. The summed E-state index contributed by atoms with van der Waals surface area (Å²) in [5.74, 6) is 0.0424. The van der Waals surface area contributed by atoms with Crippen LogP contribution in [0.25, 0.3) is 11.1 Å².